The van der Waals surface area contributed by atoms with Gasteiger partial charge in [0, 0.05) is 39.3 Å². The molecule has 0 aliphatic rings. The molecule has 7 nitrogen and oxygen atoms in total. The maximum Gasteiger partial charge on any atom is 0.419 e. The Kier molecular flexibility index (Phi) is 7.61. The number of aromatic nitrogens is 1. The highest BCUT2D eigenvalue weighted by molar-refractivity contribution is 9.10. The smallest absolute Gasteiger partial charge is 0.419 e. The average molecular weight is 526 g/mol. The summed E-state index contributed by atoms with van der Waals surface area (Å²) in [5, 5.41) is 2.09. The van der Waals surface area contributed by atoms with Crippen LogP contribution in [0.3, 0.4) is 0 Å². The number of carbonyl (C=O) groups excluding carboxylic acids is 3. The number of para-hydroxylation sites is 1. The van der Waals surface area contributed by atoms with Crippen LogP contribution >= 0.6 is 15.9 Å². The monoisotopic (exact) mass is 525 g/mol. The van der Waals surface area contributed by atoms with Crippen molar-refractivity contribution in [3.05, 3.63) is 76.4 Å². The Morgan fingerprint density at radius 3 is 2.32 bits per heavy atom. The second kappa shape index (κ2) is 10.3. The lowest BCUT2D eigenvalue weighted by molar-refractivity contribution is -0.120. The van der Waals surface area contributed by atoms with E-state index in [1.807, 2.05) is 38.1 Å². The van der Waals surface area contributed by atoms with Crippen molar-refractivity contribution in [3.8, 4) is 0 Å². The van der Waals surface area contributed by atoms with Gasteiger partial charge in [0.05, 0.1) is 5.52 Å². The highest BCUT2D eigenvalue weighted by Gasteiger charge is 2.22. The minimum Gasteiger partial charge on any atom is -0.443 e. The number of fused-ring (bicyclic) bond motifs is 1. The van der Waals surface area contributed by atoms with Crippen LogP contribution < -0.4 is 5.43 Å². The number of benzene rings is 2. The molecular weight excluding hydrogens is 498 g/mol. The second-order valence-electron chi connectivity index (χ2n) is 9.04. The highest BCUT2D eigenvalue weighted by Crippen LogP contribution is 2.24. The fraction of sp³-hybridized carbons (Fsp3) is 0.269. The van der Waals surface area contributed by atoms with E-state index in [0.717, 1.165) is 9.86 Å². The van der Waals surface area contributed by atoms with Crippen LogP contribution in [0.1, 0.15) is 50.5 Å². The molecule has 0 radical (unpaired) electrons. The first-order valence-corrected chi connectivity index (χ1v) is 11.7. The number of hydrogen-bond acceptors (Lipinski definition) is 4. The maximum absolute atomic E-state index is 12.9. The number of hydrazine groups is 1. The maximum atomic E-state index is 12.9. The molecule has 0 aliphatic carbocycles. The van der Waals surface area contributed by atoms with Gasteiger partial charge in [-0.2, -0.15) is 0 Å². The molecule has 0 unspecified atom stereocenters. The summed E-state index contributed by atoms with van der Waals surface area (Å²) in [5.74, 6) is -0.779. The van der Waals surface area contributed by atoms with E-state index in [1.165, 1.54) is 15.7 Å². The van der Waals surface area contributed by atoms with E-state index in [9.17, 15) is 14.4 Å². The van der Waals surface area contributed by atoms with Crippen molar-refractivity contribution in [2.24, 2.45) is 0 Å². The normalized spacial score (nSPS) is 11.7. The topological polar surface area (TPSA) is 80.6 Å². The summed E-state index contributed by atoms with van der Waals surface area (Å²) in [7, 11) is 0. The van der Waals surface area contributed by atoms with Crippen LogP contribution in [-0.2, 0) is 9.53 Å². The number of halogens is 1. The summed E-state index contributed by atoms with van der Waals surface area (Å²) >= 11 is 3.35. The SMILES string of the molecule is CC(C)N(NC(=O)/C=C/c1cn(C(=O)OC(C)(C)C)c2ccccc12)C(=O)c1ccc(Br)cc1. The first kappa shape index (κ1) is 25.2. The van der Waals surface area contributed by atoms with E-state index in [-0.39, 0.29) is 11.9 Å². The molecule has 34 heavy (non-hydrogen) atoms. The third-order valence-electron chi connectivity index (χ3n) is 4.80. The first-order valence-electron chi connectivity index (χ1n) is 10.9. The zero-order valence-electron chi connectivity index (χ0n) is 19.8. The number of amides is 2. The number of rotatable bonds is 4. The molecule has 2 amide bonds. The van der Waals surface area contributed by atoms with E-state index < -0.39 is 17.6 Å². The van der Waals surface area contributed by atoms with Crippen LogP contribution in [0.4, 0.5) is 4.79 Å². The van der Waals surface area contributed by atoms with E-state index in [0.29, 0.717) is 16.6 Å². The van der Waals surface area contributed by atoms with Crippen molar-refractivity contribution in [2.75, 3.05) is 0 Å². The number of nitrogens with one attached hydrogen (secondary N) is 1. The predicted molar refractivity (Wildman–Crippen MR) is 136 cm³/mol. The van der Waals surface area contributed by atoms with Gasteiger partial charge in [0.15, 0.2) is 0 Å². The third kappa shape index (κ3) is 6.14. The zero-order valence-corrected chi connectivity index (χ0v) is 21.4. The second-order valence-corrected chi connectivity index (χ2v) is 9.95. The Morgan fingerprint density at radius 1 is 1.06 bits per heavy atom. The van der Waals surface area contributed by atoms with Crippen LogP contribution in [0.5, 0.6) is 0 Å². The van der Waals surface area contributed by atoms with Gasteiger partial charge in [0.1, 0.15) is 5.60 Å². The quantitative estimate of drug-likeness (QED) is 0.345. The Morgan fingerprint density at radius 2 is 1.71 bits per heavy atom. The predicted octanol–water partition coefficient (Wildman–Crippen LogP) is 5.78. The lowest BCUT2D eigenvalue weighted by Crippen LogP contribution is -2.49. The average Bonchev–Trinajstić information content (AvgIpc) is 3.14. The Hall–Kier alpha value is -3.39. The van der Waals surface area contributed by atoms with E-state index >= 15 is 0 Å². The van der Waals surface area contributed by atoms with Crippen LogP contribution in [0.15, 0.2) is 65.3 Å². The van der Waals surface area contributed by atoms with E-state index in [4.69, 9.17) is 4.74 Å². The highest BCUT2D eigenvalue weighted by atomic mass is 79.9. The molecule has 2 aromatic carbocycles. The summed E-state index contributed by atoms with van der Waals surface area (Å²) in [6.07, 6.45) is 4.08. The molecule has 8 heteroatoms. The van der Waals surface area contributed by atoms with Gasteiger partial charge >= 0.3 is 6.09 Å². The third-order valence-corrected chi connectivity index (χ3v) is 5.33. The molecule has 0 aliphatic heterocycles. The van der Waals surface area contributed by atoms with E-state index in [1.54, 1.807) is 57.3 Å². The van der Waals surface area contributed by atoms with Crippen LogP contribution in [0, 0.1) is 0 Å². The van der Waals surface area contributed by atoms with Crippen molar-refractivity contribution in [1.29, 1.82) is 0 Å². The molecule has 0 saturated heterocycles. The van der Waals surface area contributed by atoms with Crippen molar-refractivity contribution >= 4 is 50.8 Å². The van der Waals surface area contributed by atoms with Gasteiger partial charge in [-0.05, 0) is 71.0 Å². The first-order chi connectivity index (χ1) is 16.0. The van der Waals surface area contributed by atoms with Gasteiger partial charge in [0.25, 0.3) is 11.8 Å². The largest absolute Gasteiger partial charge is 0.443 e. The Bertz CT molecular complexity index is 1240. The van der Waals surface area contributed by atoms with Crippen molar-refractivity contribution in [3.63, 3.8) is 0 Å². The molecular formula is C26H28BrN3O4. The molecule has 1 N–H and O–H groups in total. The Balaban J connectivity index is 1.82. The number of nitrogens with zero attached hydrogens (tertiary/aromatic N) is 2. The minimum atomic E-state index is -0.639. The molecule has 3 rings (SSSR count). The molecule has 1 heterocycles. The molecule has 3 aromatic rings. The number of carbonyl (C=O) groups is 3. The minimum absolute atomic E-state index is 0.262. The lowest BCUT2D eigenvalue weighted by atomic mass is 10.1. The summed E-state index contributed by atoms with van der Waals surface area (Å²) in [4.78, 5) is 38.2. The summed E-state index contributed by atoms with van der Waals surface area (Å²) < 4.78 is 7.78. The van der Waals surface area contributed by atoms with Crippen LogP contribution in [0.25, 0.3) is 17.0 Å². The number of hydrogen-bond donors (Lipinski definition) is 1. The summed E-state index contributed by atoms with van der Waals surface area (Å²) in [6.45, 7) is 9.04. The van der Waals surface area contributed by atoms with Gasteiger partial charge < -0.3 is 4.74 Å². The molecule has 178 valence electrons. The molecule has 0 bridgehead atoms. The van der Waals surface area contributed by atoms with Gasteiger partial charge in [0.2, 0.25) is 0 Å². The fourth-order valence-corrected chi connectivity index (χ4v) is 3.53. The van der Waals surface area contributed by atoms with Crippen LogP contribution in [-0.4, -0.2) is 39.1 Å². The van der Waals surface area contributed by atoms with E-state index in [2.05, 4.69) is 21.4 Å². The molecule has 1 aromatic heterocycles. The van der Waals surface area contributed by atoms with Gasteiger partial charge in [-0.1, -0.05) is 34.1 Å². The zero-order chi connectivity index (χ0) is 25.0. The molecule has 0 spiro atoms. The lowest BCUT2D eigenvalue weighted by Gasteiger charge is -2.26. The molecule has 0 atom stereocenters. The molecule has 0 saturated carbocycles. The van der Waals surface area contributed by atoms with Gasteiger partial charge in [-0.3, -0.25) is 19.6 Å². The van der Waals surface area contributed by atoms with Gasteiger partial charge in [-0.25, -0.2) is 9.80 Å². The standard InChI is InChI=1S/C26H28BrN3O4/c1-17(2)30(24(32)18-10-13-20(27)14-11-18)28-23(31)15-12-19-16-29(25(33)34-26(3,4)5)22-9-7-6-8-21(19)22/h6-17H,1-5H3,(H,28,31)/b15-12+. The van der Waals surface area contributed by atoms with Crippen molar-refractivity contribution in [2.45, 2.75) is 46.3 Å². The van der Waals surface area contributed by atoms with Gasteiger partial charge in [-0.15, -0.1) is 0 Å². The molecule has 0 fully saturated rings. The fourth-order valence-electron chi connectivity index (χ4n) is 3.27. The van der Waals surface area contributed by atoms with Crippen molar-refractivity contribution in [1.82, 2.24) is 15.0 Å². The Labute approximate surface area is 207 Å². The summed E-state index contributed by atoms with van der Waals surface area (Å²) in [6, 6.07) is 14.0. The summed E-state index contributed by atoms with van der Waals surface area (Å²) in [5.41, 5.74) is 3.82. The van der Waals surface area contributed by atoms with Crippen LogP contribution in [0.2, 0.25) is 0 Å². The number of ether oxygens (including phenoxy) is 1. The van der Waals surface area contributed by atoms with Crippen molar-refractivity contribution < 1.29 is 19.1 Å².